The Labute approximate surface area is 74.4 Å². The average molecular weight is 185 g/mol. The van der Waals surface area contributed by atoms with Crippen molar-refractivity contribution in [3.63, 3.8) is 0 Å². The topological polar surface area (TPSA) is 26.0 Å². The number of halogens is 1. The average Bonchev–Trinajstić information content (AvgIpc) is 1.81. The first-order valence-corrected chi connectivity index (χ1v) is 4.46. The van der Waals surface area contributed by atoms with Gasteiger partial charge in [-0.2, -0.15) is 0 Å². The summed E-state index contributed by atoms with van der Waals surface area (Å²) in [6, 6.07) is 5.01. The van der Waals surface area contributed by atoms with Crippen molar-refractivity contribution in [1.29, 1.82) is 0 Å². The van der Waals surface area contributed by atoms with Gasteiger partial charge in [0.2, 0.25) is 0 Å². The molecule has 1 rings (SSSR count). The van der Waals surface area contributed by atoms with Crippen LogP contribution in [-0.2, 0) is 6.42 Å². The Hall–Kier alpha value is -0.460. The van der Waals surface area contributed by atoms with Gasteiger partial charge in [-0.15, -0.1) is 9.24 Å². The minimum atomic E-state index is -0.196. The molecular formula is C9H13FNP. The molecule has 0 fully saturated rings. The van der Waals surface area contributed by atoms with Gasteiger partial charge in [-0.1, -0.05) is 6.07 Å². The largest absolute Gasteiger partial charge is 0.328 e. The minimum absolute atomic E-state index is 0.0798. The fourth-order valence-electron chi connectivity index (χ4n) is 1.17. The SMILES string of the molecule is CC(N)Cc1cc(F)cc(P)c1. The first-order valence-electron chi connectivity index (χ1n) is 3.88. The maximum absolute atomic E-state index is 12.8. The van der Waals surface area contributed by atoms with Crippen molar-refractivity contribution in [2.75, 3.05) is 0 Å². The highest BCUT2D eigenvalue weighted by Crippen LogP contribution is 2.06. The smallest absolute Gasteiger partial charge is 0.124 e. The molecule has 66 valence electrons. The molecule has 1 nitrogen and oxygen atoms in total. The summed E-state index contributed by atoms with van der Waals surface area (Å²) in [6.07, 6.45) is 0.721. The number of benzene rings is 1. The van der Waals surface area contributed by atoms with Crippen LogP contribution < -0.4 is 11.0 Å². The van der Waals surface area contributed by atoms with Gasteiger partial charge in [0.25, 0.3) is 0 Å². The van der Waals surface area contributed by atoms with Crippen molar-refractivity contribution in [2.24, 2.45) is 5.73 Å². The molecule has 0 radical (unpaired) electrons. The maximum Gasteiger partial charge on any atom is 0.124 e. The quantitative estimate of drug-likeness (QED) is 0.689. The molecule has 0 aliphatic rings. The van der Waals surface area contributed by atoms with E-state index in [1.54, 1.807) is 0 Å². The fraction of sp³-hybridized carbons (Fsp3) is 0.333. The monoisotopic (exact) mass is 185 g/mol. The van der Waals surface area contributed by atoms with Gasteiger partial charge in [-0.05, 0) is 36.3 Å². The number of rotatable bonds is 2. The lowest BCUT2D eigenvalue weighted by Gasteiger charge is -2.05. The number of hydrogen-bond donors (Lipinski definition) is 1. The Balaban J connectivity index is 2.85. The summed E-state index contributed by atoms with van der Waals surface area (Å²) in [5.41, 5.74) is 6.55. The van der Waals surface area contributed by atoms with Crippen LogP contribution in [0.2, 0.25) is 0 Å². The lowest BCUT2D eigenvalue weighted by atomic mass is 10.1. The summed E-state index contributed by atoms with van der Waals surface area (Å²) in [5.74, 6) is -0.196. The van der Waals surface area contributed by atoms with Gasteiger partial charge in [0, 0.05) is 6.04 Å². The van der Waals surface area contributed by atoms with E-state index in [-0.39, 0.29) is 11.9 Å². The summed E-state index contributed by atoms with van der Waals surface area (Å²) in [7, 11) is 2.48. The molecule has 0 aromatic heterocycles. The minimum Gasteiger partial charge on any atom is -0.328 e. The maximum atomic E-state index is 12.8. The van der Waals surface area contributed by atoms with Crippen LogP contribution in [0.5, 0.6) is 0 Å². The predicted octanol–water partition coefficient (Wildman–Crippen LogP) is 1.22. The highest BCUT2D eigenvalue weighted by molar-refractivity contribution is 7.27. The van der Waals surface area contributed by atoms with E-state index in [9.17, 15) is 4.39 Å². The summed E-state index contributed by atoms with van der Waals surface area (Å²) in [5, 5.41) is 0.866. The molecule has 0 aliphatic heterocycles. The molecule has 0 saturated carbocycles. The molecule has 1 aromatic rings. The third-order valence-electron chi connectivity index (χ3n) is 1.54. The third-order valence-corrected chi connectivity index (χ3v) is 1.87. The van der Waals surface area contributed by atoms with E-state index >= 15 is 0 Å². The van der Waals surface area contributed by atoms with E-state index in [2.05, 4.69) is 9.24 Å². The molecule has 2 N–H and O–H groups in total. The third kappa shape index (κ3) is 2.88. The molecule has 0 heterocycles. The van der Waals surface area contributed by atoms with Crippen molar-refractivity contribution in [3.8, 4) is 0 Å². The van der Waals surface area contributed by atoms with E-state index in [4.69, 9.17) is 5.73 Å². The molecule has 0 spiro atoms. The van der Waals surface area contributed by atoms with Crippen molar-refractivity contribution >= 4 is 14.5 Å². The molecule has 2 atom stereocenters. The van der Waals surface area contributed by atoms with E-state index in [1.807, 2.05) is 13.0 Å². The van der Waals surface area contributed by atoms with Gasteiger partial charge in [0.05, 0.1) is 0 Å². The number of nitrogens with two attached hydrogens (primary N) is 1. The van der Waals surface area contributed by atoms with Gasteiger partial charge in [0.1, 0.15) is 5.82 Å². The van der Waals surface area contributed by atoms with Crippen LogP contribution in [0, 0.1) is 5.82 Å². The first-order chi connectivity index (χ1) is 5.58. The predicted molar refractivity (Wildman–Crippen MR) is 53.1 cm³/mol. The van der Waals surface area contributed by atoms with Crippen LogP contribution in [0.1, 0.15) is 12.5 Å². The van der Waals surface area contributed by atoms with E-state index < -0.39 is 0 Å². The standard InChI is InChI=1S/C9H13FNP/c1-6(11)2-7-3-8(10)5-9(12)4-7/h3-6H,2,11-12H2,1H3. The molecule has 0 aliphatic carbocycles. The van der Waals surface area contributed by atoms with Gasteiger partial charge < -0.3 is 5.73 Å². The van der Waals surface area contributed by atoms with Crippen LogP contribution in [-0.4, -0.2) is 6.04 Å². The second-order valence-electron chi connectivity index (χ2n) is 3.07. The Morgan fingerprint density at radius 3 is 2.67 bits per heavy atom. The van der Waals surface area contributed by atoms with Crippen molar-refractivity contribution < 1.29 is 4.39 Å². The zero-order chi connectivity index (χ0) is 9.14. The summed E-state index contributed by atoms with van der Waals surface area (Å²) < 4.78 is 12.8. The summed E-state index contributed by atoms with van der Waals surface area (Å²) in [4.78, 5) is 0. The van der Waals surface area contributed by atoms with Crippen molar-refractivity contribution in [3.05, 3.63) is 29.6 Å². The molecule has 3 heteroatoms. The van der Waals surface area contributed by atoms with E-state index in [0.29, 0.717) is 0 Å². The summed E-state index contributed by atoms with van der Waals surface area (Å²) >= 11 is 0. The van der Waals surface area contributed by atoms with Crippen LogP contribution in [0.4, 0.5) is 4.39 Å². The van der Waals surface area contributed by atoms with Crippen molar-refractivity contribution in [2.45, 2.75) is 19.4 Å². The molecule has 1 aromatic carbocycles. The zero-order valence-electron chi connectivity index (χ0n) is 7.05. The molecule has 12 heavy (non-hydrogen) atoms. The first kappa shape index (κ1) is 9.63. The number of hydrogen-bond acceptors (Lipinski definition) is 1. The lowest BCUT2D eigenvalue weighted by molar-refractivity contribution is 0.624. The Kier molecular flexibility index (Phi) is 3.19. The highest BCUT2D eigenvalue weighted by atomic mass is 31.0. The van der Waals surface area contributed by atoms with E-state index in [0.717, 1.165) is 17.3 Å². The van der Waals surface area contributed by atoms with Gasteiger partial charge >= 0.3 is 0 Å². The highest BCUT2D eigenvalue weighted by Gasteiger charge is 2.00. The second kappa shape index (κ2) is 3.97. The summed E-state index contributed by atoms with van der Waals surface area (Å²) in [6.45, 7) is 1.91. The fourth-order valence-corrected chi connectivity index (χ4v) is 1.54. The van der Waals surface area contributed by atoms with Gasteiger partial charge in [0.15, 0.2) is 0 Å². The van der Waals surface area contributed by atoms with Crippen molar-refractivity contribution in [1.82, 2.24) is 0 Å². The van der Waals surface area contributed by atoms with Crippen LogP contribution >= 0.6 is 9.24 Å². The van der Waals surface area contributed by atoms with Crippen LogP contribution in [0.3, 0.4) is 0 Å². The normalized spacial score (nSPS) is 13.0. The van der Waals surface area contributed by atoms with Gasteiger partial charge in [-0.3, -0.25) is 0 Å². The van der Waals surface area contributed by atoms with Gasteiger partial charge in [-0.25, -0.2) is 4.39 Å². The molecular weight excluding hydrogens is 172 g/mol. The van der Waals surface area contributed by atoms with E-state index in [1.165, 1.54) is 12.1 Å². The Morgan fingerprint density at radius 1 is 1.50 bits per heavy atom. The molecule has 2 unspecified atom stereocenters. The molecule has 0 amide bonds. The van der Waals surface area contributed by atoms with Crippen LogP contribution in [0.15, 0.2) is 18.2 Å². The second-order valence-corrected chi connectivity index (χ2v) is 3.74. The Morgan fingerprint density at radius 2 is 2.17 bits per heavy atom. The Bertz CT molecular complexity index is 253. The molecule has 0 bridgehead atoms. The zero-order valence-corrected chi connectivity index (χ0v) is 8.20. The molecule has 0 saturated heterocycles. The van der Waals surface area contributed by atoms with Crippen LogP contribution in [0.25, 0.3) is 0 Å². The lowest BCUT2D eigenvalue weighted by Crippen LogP contribution is -2.18.